The summed E-state index contributed by atoms with van der Waals surface area (Å²) >= 11 is 5.90. The molecule has 0 saturated carbocycles. The maximum Gasteiger partial charge on any atom is 0.341 e. The second kappa shape index (κ2) is 8.89. The minimum Gasteiger partial charge on any atom is -0.503 e. The zero-order valence-electron chi connectivity index (χ0n) is 13.9. The molecule has 1 N–H and O–H groups in total. The number of hydrogen-bond acceptors (Lipinski definition) is 5. The Morgan fingerprint density at radius 3 is 2.32 bits per heavy atom. The Labute approximate surface area is 151 Å². The summed E-state index contributed by atoms with van der Waals surface area (Å²) in [6, 6.07) is 14.3. The van der Waals surface area contributed by atoms with Gasteiger partial charge in [-0.25, -0.2) is 4.79 Å². The third kappa shape index (κ3) is 4.61. The van der Waals surface area contributed by atoms with Crippen LogP contribution in [-0.4, -0.2) is 31.1 Å². The van der Waals surface area contributed by atoms with Crippen molar-refractivity contribution >= 4 is 28.9 Å². The molecule has 0 bridgehead atoms. The molecule has 0 heterocycles. The highest BCUT2D eigenvalue weighted by atomic mass is 35.5. The van der Waals surface area contributed by atoms with Gasteiger partial charge in [-0.3, -0.25) is 0 Å². The molecule has 0 spiro atoms. The van der Waals surface area contributed by atoms with Gasteiger partial charge in [0.1, 0.15) is 5.57 Å². The molecule has 0 unspecified atom stereocenters. The van der Waals surface area contributed by atoms with Crippen molar-refractivity contribution in [2.75, 3.05) is 14.2 Å². The average Bonchev–Trinajstić information content (AvgIpc) is 2.65. The van der Waals surface area contributed by atoms with E-state index in [0.29, 0.717) is 28.3 Å². The normalized spacial score (nSPS) is 12.0. The first-order valence-corrected chi connectivity index (χ1v) is 7.85. The Morgan fingerprint density at radius 2 is 1.76 bits per heavy atom. The molecule has 0 saturated heterocycles. The number of oxime groups is 1. The van der Waals surface area contributed by atoms with Gasteiger partial charge >= 0.3 is 5.97 Å². The van der Waals surface area contributed by atoms with Crippen LogP contribution < -0.4 is 0 Å². The van der Waals surface area contributed by atoms with Gasteiger partial charge in [-0.05, 0) is 17.7 Å². The molecule has 5 nitrogen and oxygen atoms in total. The zero-order chi connectivity index (χ0) is 18.2. The van der Waals surface area contributed by atoms with E-state index in [0.717, 1.165) is 5.56 Å². The zero-order valence-corrected chi connectivity index (χ0v) is 14.7. The molecule has 0 amide bonds. The Balaban J connectivity index is 2.45. The number of carbonyl (C=O) groups excluding carboxylic acids is 1. The van der Waals surface area contributed by atoms with Crippen LogP contribution in [0.1, 0.15) is 16.7 Å². The number of ether oxygens (including phenoxy) is 2. The number of benzene rings is 2. The monoisotopic (exact) mass is 359 g/mol. The van der Waals surface area contributed by atoms with E-state index in [1.165, 1.54) is 20.5 Å². The number of nitrogens with zero attached hydrogens (tertiary/aromatic N) is 1. The van der Waals surface area contributed by atoms with Crippen molar-refractivity contribution in [3.63, 3.8) is 0 Å². The summed E-state index contributed by atoms with van der Waals surface area (Å²) < 4.78 is 9.82. The Bertz CT molecular complexity index is 797. The van der Waals surface area contributed by atoms with Gasteiger partial charge in [-0.1, -0.05) is 53.2 Å². The van der Waals surface area contributed by atoms with Crippen molar-refractivity contribution in [2.45, 2.75) is 6.42 Å². The van der Waals surface area contributed by atoms with Crippen LogP contribution in [0.3, 0.4) is 0 Å². The number of halogens is 1. The van der Waals surface area contributed by atoms with E-state index >= 15 is 0 Å². The molecular weight excluding hydrogens is 342 g/mol. The van der Waals surface area contributed by atoms with Crippen LogP contribution in [0.15, 0.2) is 59.9 Å². The van der Waals surface area contributed by atoms with Gasteiger partial charge in [0.25, 0.3) is 0 Å². The molecule has 25 heavy (non-hydrogen) atoms. The van der Waals surface area contributed by atoms with Crippen molar-refractivity contribution in [1.82, 2.24) is 0 Å². The Hall–Kier alpha value is -2.79. The topological polar surface area (TPSA) is 68.1 Å². The van der Waals surface area contributed by atoms with E-state index in [2.05, 4.69) is 5.16 Å². The Kier molecular flexibility index (Phi) is 6.60. The number of carbonyl (C=O) groups is 1. The summed E-state index contributed by atoms with van der Waals surface area (Å²) in [5, 5.41) is 13.6. The first-order chi connectivity index (χ1) is 12.1. The fourth-order valence-electron chi connectivity index (χ4n) is 2.40. The first-order valence-electron chi connectivity index (χ1n) is 7.47. The molecule has 2 aromatic carbocycles. The first kappa shape index (κ1) is 18.5. The highest BCUT2D eigenvalue weighted by Crippen LogP contribution is 2.23. The van der Waals surface area contributed by atoms with Crippen molar-refractivity contribution in [3.05, 3.63) is 76.5 Å². The molecule has 0 aliphatic carbocycles. The number of rotatable bonds is 6. The third-order valence-electron chi connectivity index (χ3n) is 3.57. The quantitative estimate of drug-likeness (QED) is 0.212. The summed E-state index contributed by atoms with van der Waals surface area (Å²) in [6.07, 6.45) is 1.67. The average molecular weight is 360 g/mol. The van der Waals surface area contributed by atoms with Crippen LogP contribution in [0.2, 0.25) is 5.02 Å². The maximum atomic E-state index is 12.1. The van der Waals surface area contributed by atoms with Gasteiger partial charge in [-0.15, -0.1) is 0 Å². The van der Waals surface area contributed by atoms with Crippen LogP contribution in [0, 0.1) is 0 Å². The molecule has 0 aliphatic heterocycles. The fourth-order valence-corrected chi connectivity index (χ4v) is 2.53. The van der Waals surface area contributed by atoms with Gasteiger partial charge in [0.05, 0.1) is 26.2 Å². The summed E-state index contributed by atoms with van der Waals surface area (Å²) in [4.78, 5) is 12.1. The van der Waals surface area contributed by atoms with Gasteiger partial charge in [0, 0.05) is 22.6 Å². The highest BCUT2D eigenvalue weighted by Gasteiger charge is 2.19. The van der Waals surface area contributed by atoms with Gasteiger partial charge in [0.15, 0.2) is 0 Å². The highest BCUT2D eigenvalue weighted by molar-refractivity contribution is 6.30. The second-order valence-corrected chi connectivity index (χ2v) is 5.59. The van der Waals surface area contributed by atoms with Crippen molar-refractivity contribution in [1.29, 1.82) is 0 Å². The van der Waals surface area contributed by atoms with Crippen LogP contribution in [0.4, 0.5) is 0 Å². The lowest BCUT2D eigenvalue weighted by Gasteiger charge is -2.13. The van der Waals surface area contributed by atoms with E-state index in [-0.39, 0.29) is 5.57 Å². The minimum atomic E-state index is -0.543. The third-order valence-corrected chi connectivity index (χ3v) is 3.83. The van der Waals surface area contributed by atoms with Crippen molar-refractivity contribution < 1.29 is 19.5 Å². The van der Waals surface area contributed by atoms with E-state index in [1.807, 2.05) is 12.1 Å². The molecule has 0 aromatic heterocycles. The molecule has 6 heteroatoms. The van der Waals surface area contributed by atoms with Gasteiger partial charge in [0.2, 0.25) is 0 Å². The molecular formula is C19H18ClNO4. The number of methoxy groups -OCH3 is 2. The lowest BCUT2D eigenvalue weighted by molar-refractivity contribution is -0.133. The molecule has 0 aliphatic rings. The minimum absolute atomic E-state index is 0.234. The SMILES string of the molecule is CO/C=C(/C(=O)OC)c1ccccc1C(Cc1ccc(Cl)cc1)=NO. The van der Waals surface area contributed by atoms with Crippen LogP contribution in [0.5, 0.6) is 0 Å². The fraction of sp³-hybridized carbons (Fsp3) is 0.158. The number of hydrogen-bond donors (Lipinski definition) is 1. The van der Waals surface area contributed by atoms with Gasteiger partial charge < -0.3 is 14.7 Å². The summed E-state index contributed by atoms with van der Waals surface area (Å²) in [5.74, 6) is -0.543. The molecule has 2 rings (SSSR count). The lowest BCUT2D eigenvalue weighted by Crippen LogP contribution is -2.12. The standard InChI is InChI=1S/C19H18ClNO4/c1-24-12-17(19(22)25-2)15-5-3-4-6-16(15)18(21-23)11-13-7-9-14(20)10-8-13/h3-10,12,23H,11H2,1-2H3/b17-12+,21-18?. The van der Waals surface area contributed by atoms with E-state index in [1.54, 1.807) is 36.4 Å². The lowest BCUT2D eigenvalue weighted by atomic mass is 9.94. The molecule has 0 atom stereocenters. The summed E-state index contributed by atoms with van der Waals surface area (Å²) in [6.45, 7) is 0. The van der Waals surface area contributed by atoms with Crippen LogP contribution in [0.25, 0.3) is 5.57 Å². The Morgan fingerprint density at radius 1 is 1.12 bits per heavy atom. The molecule has 2 aromatic rings. The molecule has 0 radical (unpaired) electrons. The number of esters is 1. The van der Waals surface area contributed by atoms with Crippen LogP contribution in [-0.2, 0) is 20.7 Å². The van der Waals surface area contributed by atoms with Crippen LogP contribution >= 0.6 is 11.6 Å². The van der Waals surface area contributed by atoms with E-state index in [4.69, 9.17) is 21.1 Å². The maximum absolute atomic E-state index is 12.1. The summed E-state index contributed by atoms with van der Waals surface area (Å²) in [5.41, 5.74) is 2.72. The smallest absolute Gasteiger partial charge is 0.341 e. The second-order valence-electron chi connectivity index (χ2n) is 5.15. The van der Waals surface area contributed by atoms with E-state index < -0.39 is 5.97 Å². The predicted molar refractivity (Wildman–Crippen MR) is 96.9 cm³/mol. The van der Waals surface area contributed by atoms with E-state index in [9.17, 15) is 10.0 Å². The predicted octanol–water partition coefficient (Wildman–Crippen LogP) is 3.92. The molecule has 0 fully saturated rings. The van der Waals surface area contributed by atoms with Crippen molar-refractivity contribution in [2.24, 2.45) is 5.16 Å². The van der Waals surface area contributed by atoms with Gasteiger partial charge in [-0.2, -0.15) is 0 Å². The molecule has 130 valence electrons. The summed E-state index contributed by atoms with van der Waals surface area (Å²) in [7, 11) is 2.74. The van der Waals surface area contributed by atoms with Crippen molar-refractivity contribution in [3.8, 4) is 0 Å². The largest absolute Gasteiger partial charge is 0.503 e.